The number of aromatic nitrogens is 4. The minimum atomic E-state index is -0.355. The molecule has 0 unspecified atom stereocenters. The zero-order valence-corrected chi connectivity index (χ0v) is 20.5. The molecule has 3 N–H and O–H groups in total. The van der Waals surface area contributed by atoms with E-state index in [2.05, 4.69) is 37.4 Å². The van der Waals surface area contributed by atoms with Crippen molar-refractivity contribution in [2.75, 3.05) is 44.5 Å². The van der Waals surface area contributed by atoms with E-state index in [0.717, 1.165) is 16.6 Å². The lowest BCUT2D eigenvalue weighted by Crippen LogP contribution is -2.20. The lowest BCUT2D eigenvalue weighted by Gasteiger charge is -2.18. The monoisotopic (exact) mass is 487 g/mol. The highest BCUT2D eigenvalue weighted by Gasteiger charge is 2.16. The number of aromatic amines is 1. The highest BCUT2D eigenvalue weighted by molar-refractivity contribution is 6.00. The molecule has 0 spiro atoms. The molecule has 0 saturated heterocycles. The summed E-state index contributed by atoms with van der Waals surface area (Å²) in [7, 11) is 3.92. The predicted octanol–water partition coefficient (Wildman–Crippen LogP) is 4.23. The van der Waals surface area contributed by atoms with E-state index in [1.165, 1.54) is 6.08 Å². The number of carbonyl (C=O) groups is 1. The minimum Gasteiger partial charge on any atom is -0.492 e. The van der Waals surface area contributed by atoms with Crippen LogP contribution in [0.2, 0.25) is 0 Å². The highest BCUT2D eigenvalue weighted by Crippen LogP contribution is 2.38. The summed E-state index contributed by atoms with van der Waals surface area (Å²) in [6.07, 6.45) is 2.86. The van der Waals surface area contributed by atoms with Crippen LogP contribution in [0.1, 0.15) is 6.92 Å². The second kappa shape index (κ2) is 11.3. The summed E-state index contributed by atoms with van der Waals surface area (Å²) in [5.74, 6) is 1.01. The Morgan fingerprint density at radius 2 is 1.94 bits per heavy atom. The van der Waals surface area contributed by atoms with E-state index in [4.69, 9.17) is 9.47 Å². The van der Waals surface area contributed by atoms with Crippen molar-refractivity contribution in [1.29, 1.82) is 0 Å². The molecule has 10 heteroatoms. The van der Waals surface area contributed by atoms with Crippen molar-refractivity contribution in [2.24, 2.45) is 0 Å². The Kier molecular flexibility index (Phi) is 7.76. The number of carbonyl (C=O) groups excluding carboxylic acids is 1. The first-order valence-electron chi connectivity index (χ1n) is 11.5. The number of fused-ring (bicyclic) bond motifs is 1. The molecule has 0 aliphatic carbocycles. The first-order valence-corrected chi connectivity index (χ1v) is 11.5. The van der Waals surface area contributed by atoms with E-state index in [0.29, 0.717) is 54.3 Å². The van der Waals surface area contributed by atoms with Crippen LogP contribution in [-0.2, 0) is 4.79 Å². The Hall–Kier alpha value is -4.44. The molecule has 4 rings (SSSR count). The van der Waals surface area contributed by atoms with E-state index < -0.39 is 0 Å². The Morgan fingerprint density at radius 1 is 1.14 bits per heavy atom. The molecule has 0 atom stereocenters. The van der Waals surface area contributed by atoms with E-state index in [-0.39, 0.29) is 5.91 Å². The average molecular weight is 488 g/mol. The molecule has 4 aromatic rings. The molecule has 0 saturated carbocycles. The van der Waals surface area contributed by atoms with Crippen LogP contribution in [0.4, 0.5) is 17.3 Å². The number of anilines is 3. The second-order valence-electron chi connectivity index (χ2n) is 8.13. The fraction of sp³-hybridized carbons (Fsp3) is 0.231. The Labute approximate surface area is 209 Å². The SMILES string of the molecule is C=CC(=O)Nc1cc(Nc2nccc(-c3n[nH]c4ccccc34)n2)c(OCC)cc1OCCN(C)C. The van der Waals surface area contributed by atoms with Gasteiger partial charge in [-0.05, 0) is 45.3 Å². The number of nitrogens with zero attached hydrogens (tertiary/aromatic N) is 4. The van der Waals surface area contributed by atoms with Crippen molar-refractivity contribution in [3.8, 4) is 22.9 Å². The molecule has 36 heavy (non-hydrogen) atoms. The molecule has 2 aromatic carbocycles. The van der Waals surface area contributed by atoms with E-state index >= 15 is 0 Å². The molecule has 0 aliphatic heterocycles. The molecule has 1 amide bonds. The van der Waals surface area contributed by atoms with Gasteiger partial charge in [-0.25, -0.2) is 9.97 Å². The molecule has 186 valence electrons. The number of para-hydroxylation sites is 1. The molecule has 0 bridgehead atoms. The largest absolute Gasteiger partial charge is 0.492 e. The van der Waals surface area contributed by atoms with Gasteiger partial charge in [0.1, 0.15) is 23.8 Å². The summed E-state index contributed by atoms with van der Waals surface area (Å²) in [6.45, 7) is 7.01. The fourth-order valence-corrected chi connectivity index (χ4v) is 3.50. The maximum absolute atomic E-state index is 12.1. The van der Waals surface area contributed by atoms with Crippen molar-refractivity contribution in [2.45, 2.75) is 6.92 Å². The second-order valence-corrected chi connectivity index (χ2v) is 8.13. The van der Waals surface area contributed by atoms with E-state index in [9.17, 15) is 4.79 Å². The minimum absolute atomic E-state index is 0.350. The van der Waals surface area contributed by atoms with Crippen molar-refractivity contribution in [3.05, 3.63) is 61.3 Å². The molecule has 0 radical (unpaired) electrons. The van der Waals surface area contributed by atoms with Crippen molar-refractivity contribution < 1.29 is 14.3 Å². The number of benzene rings is 2. The van der Waals surface area contributed by atoms with E-state index in [1.54, 1.807) is 24.4 Å². The van der Waals surface area contributed by atoms with Gasteiger partial charge in [0, 0.05) is 24.2 Å². The molecular weight excluding hydrogens is 458 g/mol. The number of rotatable bonds is 11. The van der Waals surface area contributed by atoms with Crippen LogP contribution in [0, 0.1) is 0 Å². The zero-order valence-electron chi connectivity index (χ0n) is 20.5. The molecule has 2 heterocycles. The van der Waals surface area contributed by atoms with Gasteiger partial charge in [0.25, 0.3) is 0 Å². The highest BCUT2D eigenvalue weighted by atomic mass is 16.5. The van der Waals surface area contributed by atoms with Crippen LogP contribution in [0.25, 0.3) is 22.3 Å². The van der Waals surface area contributed by atoms with Crippen LogP contribution in [0.15, 0.2) is 61.3 Å². The lowest BCUT2D eigenvalue weighted by atomic mass is 10.1. The van der Waals surface area contributed by atoms with Gasteiger partial charge >= 0.3 is 0 Å². The van der Waals surface area contributed by atoms with Crippen LogP contribution >= 0.6 is 0 Å². The van der Waals surface area contributed by atoms with Crippen LogP contribution in [0.3, 0.4) is 0 Å². The molecular formula is C26H29N7O3. The first-order chi connectivity index (χ1) is 17.5. The lowest BCUT2D eigenvalue weighted by molar-refractivity contribution is -0.111. The average Bonchev–Trinajstić information content (AvgIpc) is 3.30. The van der Waals surface area contributed by atoms with Gasteiger partial charge in [0.05, 0.1) is 29.2 Å². The number of H-pyrrole nitrogens is 1. The van der Waals surface area contributed by atoms with Gasteiger partial charge in [0.15, 0.2) is 0 Å². The van der Waals surface area contributed by atoms with Gasteiger partial charge < -0.3 is 25.0 Å². The summed E-state index contributed by atoms with van der Waals surface area (Å²) in [5, 5.41) is 14.4. The van der Waals surface area contributed by atoms with Gasteiger partial charge in [-0.2, -0.15) is 5.10 Å². The van der Waals surface area contributed by atoms with Crippen molar-refractivity contribution in [3.63, 3.8) is 0 Å². The summed E-state index contributed by atoms with van der Waals surface area (Å²) >= 11 is 0. The third kappa shape index (κ3) is 5.78. The fourth-order valence-electron chi connectivity index (χ4n) is 3.50. The Balaban J connectivity index is 1.68. The van der Waals surface area contributed by atoms with Crippen LogP contribution < -0.4 is 20.1 Å². The summed E-state index contributed by atoms with van der Waals surface area (Å²) in [5.41, 5.74) is 3.35. The van der Waals surface area contributed by atoms with E-state index in [1.807, 2.05) is 50.2 Å². The third-order valence-electron chi connectivity index (χ3n) is 5.24. The number of ether oxygens (including phenoxy) is 2. The quantitative estimate of drug-likeness (QED) is 0.269. The number of hydrogen-bond acceptors (Lipinski definition) is 8. The van der Waals surface area contributed by atoms with Gasteiger partial charge in [0.2, 0.25) is 11.9 Å². The van der Waals surface area contributed by atoms with Gasteiger partial charge in [-0.1, -0.05) is 24.8 Å². The molecule has 2 aromatic heterocycles. The topological polar surface area (TPSA) is 117 Å². The predicted molar refractivity (Wildman–Crippen MR) is 141 cm³/mol. The number of nitrogens with one attached hydrogen (secondary N) is 3. The smallest absolute Gasteiger partial charge is 0.247 e. The number of amides is 1. The third-order valence-corrected chi connectivity index (χ3v) is 5.24. The summed E-state index contributed by atoms with van der Waals surface area (Å²) < 4.78 is 11.8. The maximum atomic E-state index is 12.1. The Bertz CT molecular complexity index is 1370. The maximum Gasteiger partial charge on any atom is 0.247 e. The van der Waals surface area contributed by atoms with Crippen LogP contribution in [-0.4, -0.2) is 64.8 Å². The summed E-state index contributed by atoms with van der Waals surface area (Å²) in [6, 6.07) is 13.1. The van der Waals surface area contributed by atoms with Crippen LogP contribution in [0.5, 0.6) is 11.5 Å². The zero-order chi connectivity index (χ0) is 25.5. The molecule has 0 fully saturated rings. The normalized spacial score (nSPS) is 10.9. The summed E-state index contributed by atoms with van der Waals surface area (Å²) in [4.78, 5) is 23.1. The molecule has 0 aliphatic rings. The standard InChI is InChI=1S/C26H29N7O3/c1-5-24(34)28-20-15-21(22(35-6-2)16-23(20)36-14-13-33(3)4)30-26-27-12-11-19(29-26)25-17-9-7-8-10-18(17)31-32-25/h5,7-12,15-16H,1,6,13-14H2,2-4H3,(H,28,34)(H,31,32)(H,27,29,30). The first kappa shape index (κ1) is 24.7. The molecule has 10 nitrogen and oxygen atoms in total. The van der Waals surface area contributed by atoms with Crippen molar-refractivity contribution >= 4 is 34.1 Å². The number of hydrogen-bond donors (Lipinski definition) is 3. The number of likely N-dealkylation sites (N-methyl/N-ethyl adjacent to an activating group) is 1. The van der Waals surface area contributed by atoms with Crippen molar-refractivity contribution in [1.82, 2.24) is 25.1 Å². The van der Waals surface area contributed by atoms with Gasteiger partial charge in [-0.3, -0.25) is 9.89 Å². The van der Waals surface area contributed by atoms with Gasteiger partial charge in [-0.15, -0.1) is 0 Å². The Morgan fingerprint density at radius 3 is 2.72 bits per heavy atom.